The normalized spacial score (nSPS) is 15.8. The molecule has 5 rings (SSSR count). The van der Waals surface area contributed by atoms with Crippen LogP contribution in [0.15, 0.2) is 47.8 Å². The molecule has 1 atom stereocenters. The van der Waals surface area contributed by atoms with E-state index >= 15 is 0 Å². The molecule has 1 aliphatic heterocycles. The van der Waals surface area contributed by atoms with E-state index in [0.29, 0.717) is 16.4 Å². The van der Waals surface area contributed by atoms with Gasteiger partial charge in [0.25, 0.3) is 5.91 Å². The van der Waals surface area contributed by atoms with Crippen LogP contribution in [-0.2, 0) is 4.74 Å². The van der Waals surface area contributed by atoms with Crippen LogP contribution in [0.5, 0.6) is 0 Å². The average Bonchev–Trinajstić information content (AvgIpc) is 3.54. The molecule has 1 fully saturated rings. The number of aromatic nitrogens is 2. The van der Waals surface area contributed by atoms with E-state index in [-0.39, 0.29) is 11.9 Å². The van der Waals surface area contributed by atoms with Crippen molar-refractivity contribution < 1.29 is 9.53 Å². The number of thiophene rings is 2. The lowest BCUT2D eigenvalue weighted by Crippen LogP contribution is -2.43. The van der Waals surface area contributed by atoms with Crippen molar-refractivity contribution in [2.75, 3.05) is 32.8 Å². The second-order valence-corrected chi connectivity index (χ2v) is 10.1. The average molecular weight is 487 g/mol. The number of carbonyl (C=O) groups excluding carboxylic acids is 1. The van der Waals surface area contributed by atoms with Gasteiger partial charge in [0.15, 0.2) is 0 Å². The van der Waals surface area contributed by atoms with Crippen LogP contribution in [0.25, 0.3) is 15.9 Å². The Morgan fingerprint density at radius 2 is 2.06 bits per heavy atom. The molecule has 0 saturated carbocycles. The third-order valence-electron chi connectivity index (χ3n) is 5.66. The molecular formula is C23H23ClN4O2S2. The van der Waals surface area contributed by atoms with Crippen molar-refractivity contribution in [2.24, 2.45) is 0 Å². The zero-order chi connectivity index (χ0) is 22.1. The molecule has 0 bridgehead atoms. The van der Waals surface area contributed by atoms with Crippen molar-refractivity contribution in [2.45, 2.75) is 13.0 Å². The van der Waals surface area contributed by atoms with E-state index in [1.54, 1.807) is 11.3 Å². The lowest BCUT2D eigenvalue weighted by molar-refractivity contribution is 0.0169. The van der Waals surface area contributed by atoms with Gasteiger partial charge in [-0.25, -0.2) is 4.68 Å². The number of rotatable bonds is 6. The van der Waals surface area contributed by atoms with Crippen LogP contribution in [0.3, 0.4) is 0 Å². The van der Waals surface area contributed by atoms with Crippen LogP contribution in [0.1, 0.15) is 26.3 Å². The number of amides is 1. The Bertz CT molecular complexity index is 1230. The van der Waals surface area contributed by atoms with Crippen molar-refractivity contribution in [3.63, 3.8) is 0 Å². The van der Waals surface area contributed by atoms with Gasteiger partial charge >= 0.3 is 0 Å². The summed E-state index contributed by atoms with van der Waals surface area (Å²) >= 11 is 9.56. The maximum atomic E-state index is 13.1. The summed E-state index contributed by atoms with van der Waals surface area (Å²) in [6, 6.07) is 13.9. The van der Waals surface area contributed by atoms with Crippen molar-refractivity contribution in [3.05, 3.63) is 68.3 Å². The first kappa shape index (κ1) is 21.6. The Morgan fingerprint density at radius 3 is 2.81 bits per heavy atom. The molecule has 32 heavy (non-hydrogen) atoms. The van der Waals surface area contributed by atoms with Gasteiger partial charge in [0.1, 0.15) is 4.83 Å². The maximum absolute atomic E-state index is 13.1. The molecule has 0 unspecified atom stereocenters. The molecule has 1 aliphatic rings. The highest BCUT2D eigenvalue weighted by molar-refractivity contribution is 7.20. The molecule has 1 saturated heterocycles. The van der Waals surface area contributed by atoms with Crippen LogP contribution in [0.4, 0.5) is 0 Å². The van der Waals surface area contributed by atoms with Crippen LogP contribution in [-0.4, -0.2) is 53.4 Å². The number of carbonyl (C=O) groups is 1. The van der Waals surface area contributed by atoms with Gasteiger partial charge in [-0.15, -0.1) is 22.7 Å². The monoisotopic (exact) mass is 486 g/mol. The summed E-state index contributed by atoms with van der Waals surface area (Å²) in [6.45, 7) is 5.70. The number of nitrogens with zero attached hydrogens (tertiary/aromatic N) is 3. The first-order valence-electron chi connectivity index (χ1n) is 10.5. The number of halogens is 1. The molecule has 1 amide bonds. The molecule has 166 valence electrons. The fourth-order valence-electron chi connectivity index (χ4n) is 4.00. The largest absolute Gasteiger partial charge is 0.379 e. The number of fused-ring (bicyclic) bond motifs is 1. The number of ether oxygens (including phenoxy) is 1. The number of hydrogen-bond donors (Lipinski definition) is 1. The minimum Gasteiger partial charge on any atom is -0.379 e. The van der Waals surface area contributed by atoms with E-state index < -0.39 is 0 Å². The van der Waals surface area contributed by atoms with Gasteiger partial charge in [0.2, 0.25) is 0 Å². The molecule has 0 aliphatic carbocycles. The van der Waals surface area contributed by atoms with E-state index in [1.165, 1.54) is 16.2 Å². The van der Waals surface area contributed by atoms with Gasteiger partial charge < -0.3 is 10.1 Å². The number of morpholine rings is 1. The van der Waals surface area contributed by atoms with Gasteiger partial charge in [-0.05, 0) is 36.6 Å². The molecular weight excluding hydrogens is 464 g/mol. The molecule has 9 heteroatoms. The summed E-state index contributed by atoms with van der Waals surface area (Å²) in [6.07, 6.45) is 0. The molecule has 0 spiro atoms. The van der Waals surface area contributed by atoms with Gasteiger partial charge in [-0.2, -0.15) is 5.10 Å². The Hall–Kier alpha value is -2.23. The van der Waals surface area contributed by atoms with Crippen LogP contribution >= 0.6 is 34.3 Å². The van der Waals surface area contributed by atoms with Crippen LogP contribution < -0.4 is 5.32 Å². The van der Waals surface area contributed by atoms with Gasteiger partial charge in [-0.3, -0.25) is 9.69 Å². The van der Waals surface area contributed by atoms with E-state index in [0.717, 1.165) is 47.9 Å². The Morgan fingerprint density at radius 1 is 1.25 bits per heavy atom. The second-order valence-electron chi connectivity index (χ2n) is 7.67. The lowest BCUT2D eigenvalue weighted by Gasteiger charge is -2.34. The van der Waals surface area contributed by atoms with E-state index in [4.69, 9.17) is 16.3 Å². The number of para-hydroxylation sites is 1. The highest BCUT2D eigenvalue weighted by Crippen LogP contribution is 2.32. The summed E-state index contributed by atoms with van der Waals surface area (Å²) in [5, 5.41) is 11.5. The SMILES string of the molecule is Cc1nn(-c2ccccc2Cl)c2sc(C(=O)NC[C@H](c3cccs3)N3CCOCC3)cc12. The maximum Gasteiger partial charge on any atom is 0.261 e. The molecule has 1 aromatic carbocycles. The standard InChI is InChI=1S/C23H23ClN4O2S2/c1-15-16-13-21(32-23(16)28(26-15)18-6-3-2-5-17(18)24)22(29)25-14-19(20-7-4-12-31-20)27-8-10-30-11-9-27/h2-7,12-13,19H,8-11,14H2,1H3,(H,25,29)/t19-/m1/s1. The number of benzene rings is 1. The van der Waals surface area contributed by atoms with Crippen LogP contribution in [0, 0.1) is 6.92 Å². The number of nitrogens with one attached hydrogen (secondary N) is 1. The third kappa shape index (κ3) is 4.21. The van der Waals surface area contributed by atoms with Crippen molar-refractivity contribution in [3.8, 4) is 5.69 Å². The van der Waals surface area contributed by atoms with E-state index in [2.05, 4.69) is 32.8 Å². The highest BCUT2D eigenvalue weighted by Gasteiger charge is 2.25. The summed E-state index contributed by atoms with van der Waals surface area (Å²) in [5.41, 5.74) is 1.69. The Balaban J connectivity index is 1.38. The predicted octanol–water partition coefficient (Wildman–Crippen LogP) is 4.91. The number of hydrogen-bond acceptors (Lipinski definition) is 6. The predicted molar refractivity (Wildman–Crippen MR) is 130 cm³/mol. The third-order valence-corrected chi connectivity index (χ3v) is 8.07. The first-order valence-corrected chi connectivity index (χ1v) is 12.6. The van der Waals surface area contributed by atoms with Gasteiger partial charge in [-0.1, -0.05) is 29.8 Å². The second kappa shape index (κ2) is 9.33. The molecule has 1 N–H and O–H groups in total. The van der Waals surface area contributed by atoms with Crippen molar-refractivity contribution >= 4 is 50.4 Å². The molecule has 6 nitrogen and oxygen atoms in total. The quantitative estimate of drug-likeness (QED) is 0.420. The fraction of sp³-hybridized carbons (Fsp3) is 0.304. The Kier molecular flexibility index (Phi) is 6.30. The van der Waals surface area contributed by atoms with Gasteiger partial charge in [0.05, 0.1) is 40.5 Å². The lowest BCUT2D eigenvalue weighted by atomic mass is 10.2. The van der Waals surface area contributed by atoms with E-state index in [9.17, 15) is 4.79 Å². The summed E-state index contributed by atoms with van der Waals surface area (Å²) in [4.78, 5) is 18.3. The van der Waals surface area contributed by atoms with Crippen molar-refractivity contribution in [1.82, 2.24) is 20.0 Å². The van der Waals surface area contributed by atoms with Crippen LogP contribution in [0.2, 0.25) is 5.02 Å². The summed E-state index contributed by atoms with van der Waals surface area (Å²) in [7, 11) is 0. The topological polar surface area (TPSA) is 59.4 Å². The molecule has 3 aromatic heterocycles. The molecule has 4 heterocycles. The zero-order valence-corrected chi connectivity index (χ0v) is 20.0. The molecule has 0 radical (unpaired) electrons. The summed E-state index contributed by atoms with van der Waals surface area (Å²) < 4.78 is 7.34. The van der Waals surface area contributed by atoms with Crippen molar-refractivity contribution in [1.29, 1.82) is 0 Å². The summed E-state index contributed by atoms with van der Waals surface area (Å²) in [5.74, 6) is -0.0638. The minimum absolute atomic E-state index is 0.0638. The first-order chi connectivity index (χ1) is 15.6. The fourth-order valence-corrected chi connectivity index (χ4v) is 6.17. The number of aryl methyl sites for hydroxylation is 1. The smallest absolute Gasteiger partial charge is 0.261 e. The Labute approximate surface area is 199 Å². The van der Waals surface area contributed by atoms with E-state index in [1.807, 2.05) is 41.9 Å². The minimum atomic E-state index is -0.0638. The zero-order valence-electron chi connectivity index (χ0n) is 17.6. The molecule has 4 aromatic rings. The van der Waals surface area contributed by atoms with Gasteiger partial charge in [0, 0.05) is 29.9 Å². The highest BCUT2D eigenvalue weighted by atomic mass is 35.5.